The van der Waals surface area contributed by atoms with Crippen LogP contribution in [-0.2, 0) is 0 Å². The zero-order valence-electron chi connectivity index (χ0n) is 6.63. The monoisotopic (exact) mass is 182 g/mol. The molecule has 0 amide bonds. The van der Waals surface area contributed by atoms with E-state index >= 15 is 0 Å². The van der Waals surface area contributed by atoms with Crippen molar-refractivity contribution in [2.75, 3.05) is 5.73 Å². The van der Waals surface area contributed by atoms with Gasteiger partial charge in [0.1, 0.15) is 0 Å². The molecule has 0 saturated carbocycles. The molecule has 0 saturated heterocycles. The van der Waals surface area contributed by atoms with E-state index in [0.717, 1.165) is 5.56 Å². The highest BCUT2D eigenvalue weighted by atomic mass is 35.5. The van der Waals surface area contributed by atoms with Crippen LogP contribution in [0.2, 0.25) is 5.02 Å². The summed E-state index contributed by atoms with van der Waals surface area (Å²) in [6, 6.07) is 5.14. The number of hydrogen-bond acceptors (Lipinski definition) is 2. The number of nitrogen functional groups attached to an aromatic ring is 1. The predicted octanol–water partition coefficient (Wildman–Crippen LogP) is 2.11. The highest BCUT2D eigenvalue weighted by molar-refractivity contribution is 6.33. The maximum Gasteiger partial charge on any atom is 0.0639 e. The van der Waals surface area contributed by atoms with Gasteiger partial charge < -0.3 is 11.5 Å². The highest BCUT2D eigenvalue weighted by Gasteiger charge is 2.07. The lowest BCUT2D eigenvalue weighted by atomic mass is 10.1. The number of para-hydroxylation sites is 1. The number of anilines is 1. The Morgan fingerprint density at radius 3 is 2.75 bits per heavy atom. The number of benzene rings is 1. The fourth-order valence-electron chi connectivity index (χ4n) is 0.971. The van der Waals surface area contributed by atoms with Crippen LogP contribution in [0, 0.1) is 0 Å². The van der Waals surface area contributed by atoms with Crippen molar-refractivity contribution < 1.29 is 0 Å². The molecule has 0 spiro atoms. The minimum atomic E-state index is -0.247. The van der Waals surface area contributed by atoms with Gasteiger partial charge in [0.05, 0.1) is 10.7 Å². The lowest BCUT2D eigenvalue weighted by molar-refractivity contribution is 0.918. The van der Waals surface area contributed by atoms with Crippen LogP contribution < -0.4 is 11.5 Å². The number of halogens is 1. The van der Waals surface area contributed by atoms with Crippen molar-refractivity contribution in [3.05, 3.63) is 41.4 Å². The Morgan fingerprint density at radius 1 is 1.50 bits per heavy atom. The molecule has 0 bridgehead atoms. The van der Waals surface area contributed by atoms with Gasteiger partial charge in [-0.1, -0.05) is 29.8 Å². The fourth-order valence-corrected chi connectivity index (χ4v) is 1.15. The van der Waals surface area contributed by atoms with Crippen LogP contribution in [0.25, 0.3) is 0 Å². The fraction of sp³-hybridized carbons (Fsp3) is 0.111. The van der Waals surface area contributed by atoms with Crippen LogP contribution in [0.5, 0.6) is 0 Å². The Bertz CT molecular complexity index is 297. The van der Waals surface area contributed by atoms with Gasteiger partial charge in [-0.15, -0.1) is 6.58 Å². The largest absolute Gasteiger partial charge is 0.397 e. The van der Waals surface area contributed by atoms with E-state index in [1.54, 1.807) is 12.1 Å². The smallest absolute Gasteiger partial charge is 0.0639 e. The van der Waals surface area contributed by atoms with E-state index in [1.165, 1.54) is 0 Å². The summed E-state index contributed by atoms with van der Waals surface area (Å²) >= 11 is 5.80. The summed E-state index contributed by atoms with van der Waals surface area (Å²) in [7, 11) is 0. The molecule has 3 heteroatoms. The third kappa shape index (κ3) is 1.60. The number of nitrogens with two attached hydrogens (primary N) is 2. The van der Waals surface area contributed by atoms with E-state index in [4.69, 9.17) is 23.1 Å². The van der Waals surface area contributed by atoms with Crippen LogP contribution in [-0.4, -0.2) is 0 Å². The molecule has 12 heavy (non-hydrogen) atoms. The lowest BCUT2D eigenvalue weighted by Gasteiger charge is -2.10. The molecule has 1 atom stereocenters. The topological polar surface area (TPSA) is 52.0 Å². The van der Waals surface area contributed by atoms with E-state index in [2.05, 4.69) is 6.58 Å². The minimum absolute atomic E-state index is 0.247. The summed E-state index contributed by atoms with van der Waals surface area (Å²) in [4.78, 5) is 0. The molecule has 1 aromatic rings. The number of rotatable bonds is 2. The van der Waals surface area contributed by atoms with Gasteiger partial charge in [0.15, 0.2) is 0 Å². The van der Waals surface area contributed by atoms with E-state index in [1.807, 2.05) is 12.1 Å². The van der Waals surface area contributed by atoms with Gasteiger partial charge in [0, 0.05) is 6.04 Å². The van der Waals surface area contributed by atoms with Crippen molar-refractivity contribution in [1.29, 1.82) is 0 Å². The summed E-state index contributed by atoms with van der Waals surface area (Å²) in [6.07, 6.45) is 1.63. The van der Waals surface area contributed by atoms with Crippen LogP contribution in [0.1, 0.15) is 11.6 Å². The average molecular weight is 183 g/mol. The Labute approximate surface area is 76.8 Å². The second kappa shape index (κ2) is 3.61. The summed E-state index contributed by atoms with van der Waals surface area (Å²) in [5.74, 6) is 0. The van der Waals surface area contributed by atoms with Crippen LogP contribution in [0.3, 0.4) is 0 Å². The maximum absolute atomic E-state index is 5.80. The molecule has 1 rings (SSSR count). The first-order valence-corrected chi connectivity index (χ1v) is 3.96. The molecular weight excluding hydrogens is 172 g/mol. The minimum Gasteiger partial charge on any atom is -0.397 e. The molecule has 0 aliphatic carbocycles. The normalized spacial score (nSPS) is 12.5. The van der Waals surface area contributed by atoms with Gasteiger partial charge in [0.25, 0.3) is 0 Å². The molecule has 64 valence electrons. The van der Waals surface area contributed by atoms with Crippen LogP contribution >= 0.6 is 11.6 Å². The third-order valence-electron chi connectivity index (χ3n) is 1.70. The summed E-state index contributed by atoms with van der Waals surface area (Å²) < 4.78 is 0. The first-order chi connectivity index (χ1) is 5.66. The van der Waals surface area contributed by atoms with Gasteiger partial charge in [-0.2, -0.15) is 0 Å². The highest BCUT2D eigenvalue weighted by Crippen LogP contribution is 2.26. The van der Waals surface area contributed by atoms with Gasteiger partial charge in [-0.25, -0.2) is 0 Å². The Balaban J connectivity index is 3.15. The zero-order valence-corrected chi connectivity index (χ0v) is 7.38. The molecule has 0 aromatic heterocycles. The van der Waals surface area contributed by atoms with Crippen molar-refractivity contribution in [3.63, 3.8) is 0 Å². The van der Waals surface area contributed by atoms with Crippen molar-refractivity contribution in [2.24, 2.45) is 5.73 Å². The van der Waals surface area contributed by atoms with Crippen LogP contribution in [0.15, 0.2) is 30.9 Å². The standard InChI is InChI=1S/C9H11ClN2/c1-2-8(11)6-4-3-5-7(10)9(6)12/h2-5,8H,1,11-12H2/t8-/m0/s1. The van der Waals surface area contributed by atoms with Crippen molar-refractivity contribution >= 4 is 17.3 Å². The average Bonchev–Trinajstić information content (AvgIpc) is 2.08. The maximum atomic E-state index is 5.80. The first-order valence-electron chi connectivity index (χ1n) is 3.59. The molecule has 0 aliphatic rings. The summed E-state index contributed by atoms with van der Waals surface area (Å²) in [5, 5.41) is 0.532. The second-order valence-electron chi connectivity index (χ2n) is 2.50. The molecular formula is C9H11ClN2. The molecule has 0 aliphatic heterocycles. The molecule has 1 aromatic carbocycles. The van der Waals surface area contributed by atoms with E-state index in [9.17, 15) is 0 Å². The summed E-state index contributed by atoms with van der Waals surface area (Å²) in [5.41, 5.74) is 12.8. The number of hydrogen-bond donors (Lipinski definition) is 2. The molecule has 0 fully saturated rings. The van der Waals surface area contributed by atoms with Gasteiger partial charge in [-0.05, 0) is 11.6 Å². The summed E-state index contributed by atoms with van der Waals surface area (Å²) in [6.45, 7) is 3.58. The Morgan fingerprint density at radius 2 is 2.17 bits per heavy atom. The Kier molecular flexibility index (Phi) is 2.74. The molecule has 0 radical (unpaired) electrons. The van der Waals surface area contributed by atoms with Gasteiger partial charge >= 0.3 is 0 Å². The molecule has 0 heterocycles. The van der Waals surface area contributed by atoms with Crippen molar-refractivity contribution in [3.8, 4) is 0 Å². The van der Waals surface area contributed by atoms with Crippen molar-refractivity contribution in [2.45, 2.75) is 6.04 Å². The SMILES string of the molecule is C=C[C@H](N)c1cccc(Cl)c1N. The zero-order chi connectivity index (χ0) is 9.14. The first kappa shape index (κ1) is 9.10. The quantitative estimate of drug-likeness (QED) is 0.544. The van der Waals surface area contributed by atoms with E-state index < -0.39 is 0 Å². The van der Waals surface area contributed by atoms with Crippen LogP contribution in [0.4, 0.5) is 5.69 Å². The Hall–Kier alpha value is -0.990. The van der Waals surface area contributed by atoms with E-state index in [-0.39, 0.29) is 6.04 Å². The third-order valence-corrected chi connectivity index (χ3v) is 2.03. The second-order valence-corrected chi connectivity index (χ2v) is 2.91. The predicted molar refractivity (Wildman–Crippen MR) is 53.0 cm³/mol. The molecule has 0 unspecified atom stereocenters. The van der Waals surface area contributed by atoms with E-state index in [0.29, 0.717) is 10.7 Å². The van der Waals surface area contributed by atoms with Gasteiger partial charge in [0.2, 0.25) is 0 Å². The molecule has 2 nitrogen and oxygen atoms in total. The molecule has 4 N–H and O–H groups in total. The van der Waals surface area contributed by atoms with Gasteiger partial charge in [-0.3, -0.25) is 0 Å². The van der Waals surface area contributed by atoms with Crippen molar-refractivity contribution in [1.82, 2.24) is 0 Å². The lowest BCUT2D eigenvalue weighted by Crippen LogP contribution is -2.09.